The van der Waals surface area contributed by atoms with Gasteiger partial charge in [0, 0.05) is 23.0 Å². The quantitative estimate of drug-likeness (QED) is 0.0222. The van der Waals surface area contributed by atoms with Gasteiger partial charge in [0.25, 0.3) is 0 Å². The molecule has 124 heavy (non-hydrogen) atoms. The van der Waals surface area contributed by atoms with Crippen LogP contribution in [0.1, 0.15) is 108 Å². The number of amides is 1. The lowest BCUT2D eigenvalue weighted by molar-refractivity contribution is -0.409. The second-order valence-corrected chi connectivity index (χ2v) is 31.4. The van der Waals surface area contributed by atoms with Crippen LogP contribution in [-0.4, -0.2) is 173 Å². The van der Waals surface area contributed by atoms with E-state index in [0.717, 1.165) is 22.3 Å². The smallest absolute Gasteiger partial charge is 0.412 e. The molecule has 6 aliphatic heterocycles. The van der Waals surface area contributed by atoms with Crippen LogP contribution in [0.4, 0.5) is 4.79 Å². The van der Waals surface area contributed by atoms with E-state index in [1.165, 1.54) is 4.90 Å². The Kier molecular flexibility index (Phi) is 29.2. The van der Waals surface area contributed by atoms with Crippen molar-refractivity contribution < 1.29 is 114 Å². The van der Waals surface area contributed by atoms with Crippen molar-refractivity contribution in [3.8, 4) is 0 Å². The monoisotopic (exact) mass is 1690 g/mol. The molecule has 0 bridgehead atoms. The van der Waals surface area contributed by atoms with Gasteiger partial charge in [-0.05, 0) is 76.7 Å². The molecule has 10 aromatic rings. The molecule has 25 heteroatoms. The van der Waals surface area contributed by atoms with Crippen molar-refractivity contribution >= 4 is 30.0 Å². The highest BCUT2D eigenvalue weighted by Gasteiger charge is 2.61. The molecule has 6 fully saturated rings. The van der Waals surface area contributed by atoms with E-state index in [1.807, 2.05) is 196 Å². The summed E-state index contributed by atoms with van der Waals surface area (Å²) in [5.74, 6) is -4.96. The van der Waals surface area contributed by atoms with Gasteiger partial charge >= 0.3 is 30.0 Å². The second kappa shape index (κ2) is 42.0. The van der Waals surface area contributed by atoms with E-state index in [0.29, 0.717) is 11.1 Å². The zero-order valence-corrected chi connectivity index (χ0v) is 68.7. The third kappa shape index (κ3) is 21.6. The molecule has 0 aliphatic carbocycles. The first-order chi connectivity index (χ1) is 60.8. The highest BCUT2D eigenvalue weighted by atomic mass is 16.8. The standard InChI is InChI=1S/C99H99NO24/c1-63-64(2)81(116-89(101)70-42-22-8-23-43-70)96(112-76(63)58-106-55-67-36-16-5-17-37-67)124-86-84-79(61-109-94(122-84)75-52-32-13-33-53-75)115-98(88(86)119-92(104)73-48-28-11-29-49-73)120-80-65(3)82(117-90(102)71-44-24-9-25-45-71)97(114-77(80)59-107-56-68-38-18-6-19-39-68)123-85-83-78(60-108-93(121-83)74-50-30-12-31-51-74)113-95(87(85)118-91(103)72-46-26-10-27-47-72)111-62-100(54-66-34-14-4-15-35-66)99(105)110-57-69-40-20-7-21-41-69/h4-53,63-65,76-88,93-98H,54-62H2,1-3H3. The largest absolute Gasteiger partial charge is 0.453 e. The van der Waals surface area contributed by atoms with Gasteiger partial charge in [0.15, 0.2) is 62.2 Å². The lowest BCUT2D eigenvalue weighted by Crippen LogP contribution is -2.68. The Morgan fingerprint density at radius 2 is 0.653 bits per heavy atom. The zero-order valence-electron chi connectivity index (χ0n) is 68.7. The van der Waals surface area contributed by atoms with Crippen molar-refractivity contribution in [1.29, 1.82) is 0 Å². The van der Waals surface area contributed by atoms with Gasteiger partial charge in [-0.25, -0.2) is 24.0 Å². The maximum Gasteiger partial charge on any atom is 0.412 e. The first-order valence-electron chi connectivity index (χ1n) is 41.9. The SMILES string of the molecule is CC1C(COCc2ccccc2)OC(OC2C3OC(c4ccccc4)OCC3OC(OC3C(COCc4ccccc4)OC(OC4C5OC(c6ccccc6)OCC5OC(OCN(Cc5ccccc5)C(=O)OCc5ccccc5)C4OC(=O)c4ccccc4)C(OC(=O)c4ccccc4)C3C)C2OC(=O)c2ccccc2)C(OC(=O)c2ccccc2)C1C. The van der Waals surface area contributed by atoms with E-state index < -0.39 is 166 Å². The minimum Gasteiger partial charge on any atom is -0.453 e. The van der Waals surface area contributed by atoms with Crippen LogP contribution in [0.2, 0.25) is 0 Å². The number of hydrogen-bond acceptors (Lipinski definition) is 24. The van der Waals surface area contributed by atoms with Crippen LogP contribution in [0.25, 0.3) is 0 Å². The fourth-order valence-corrected chi connectivity index (χ4v) is 16.1. The van der Waals surface area contributed by atoms with Crippen LogP contribution in [0.15, 0.2) is 303 Å². The molecule has 6 saturated heterocycles. The van der Waals surface area contributed by atoms with E-state index in [2.05, 4.69) is 0 Å². The van der Waals surface area contributed by atoms with Gasteiger partial charge in [-0.1, -0.05) is 276 Å². The van der Waals surface area contributed by atoms with Gasteiger partial charge in [-0.15, -0.1) is 0 Å². The Labute approximate surface area is 719 Å². The van der Waals surface area contributed by atoms with E-state index in [4.69, 9.17) is 90.0 Å². The minimum atomic E-state index is -1.69. The van der Waals surface area contributed by atoms with Gasteiger partial charge in [0.2, 0.25) is 0 Å². The number of ether oxygens (including phenoxy) is 19. The summed E-state index contributed by atoms with van der Waals surface area (Å²) in [4.78, 5) is 76.4. The molecule has 0 spiro atoms. The molecule has 0 saturated carbocycles. The molecule has 10 aromatic carbocycles. The average molecular weight is 1690 g/mol. The van der Waals surface area contributed by atoms with Crippen LogP contribution in [0.5, 0.6) is 0 Å². The molecule has 0 N–H and O–H groups in total. The number of fused-ring (bicyclic) bond motifs is 2. The average Bonchev–Trinajstić information content (AvgIpc) is 0.751. The summed E-state index contributed by atoms with van der Waals surface area (Å²) in [6.45, 7) is 5.03. The summed E-state index contributed by atoms with van der Waals surface area (Å²) in [6, 6.07) is 89.8. The molecule has 0 aromatic heterocycles. The van der Waals surface area contributed by atoms with Crippen LogP contribution in [-0.2, 0) is 116 Å². The van der Waals surface area contributed by atoms with Crippen molar-refractivity contribution in [2.75, 3.05) is 33.2 Å². The number of esters is 4. The highest BCUT2D eigenvalue weighted by Crippen LogP contribution is 2.45. The molecule has 22 unspecified atom stereocenters. The minimum absolute atomic E-state index is 0.00560. The maximum absolute atomic E-state index is 15.4. The molecule has 6 heterocycles. The van der Waals surface area contributed by atoms with Crippen LogP contribution in [0, 0.1) is 17.8 Å². The second-order valence-electron chi connectivity index (χ2n) is 31.4. The van der Waals surface area contributed by atoms with Gasteiger partial charge in [0.05, 0.1) is 80.6 Å². The van der Waals surface area contributed by atoms with Crippen LogP contribution < -0.4 is 0 Å². The summed E-state index contributed by atoms with van der Waals surface area (Å²) in [5.41, 5.74) is 5.23. The molecule has 6 aliphatic rings. The van der Waals surface area contributed by atoms with Gasteiger partial charge in [-0.2, -0.15) is 0 Å². The predicted octanol–water partition coefficient (Wildman–Crippen LogP) is 15.3. The molecule has 644 valence electrons. The van der Waals surface area contributed by atoms with E-state index in [9.17, 15) is 9.59 Å². The summed E-state index contributed by atoms with van der Waals surface area (Å²) in [5, 5.41) is 0. The molecular formula is C99H99NO24. The molecular weight excluding hydrogens is 1590 g/mol. The molecule has 25 nitrogen and oxygen atoms in total. The predicted molar refractivity (Wildman–Crippen MR) is 446 cm³/mol. The number of hydrogen-bond donors (Lipinski definition) is 0. The van der Waals surface area contributed by atoms with Crippen molar-refractivity contribution in [3.63, 3.8) is 0 Å². The van der Waals surface area contributed by atoms with Crippen molar-refractivity contribution in [2.24, 2.45) is 17.8 Å². The van der Waals surface area contributed by atoms with Crippen LogP contribution >= 0.6 is 0 Å². The van der Waals surface area contributed by atoms with Crippen molar-refractivity contribution in [1.82, 2.24) is 4.90 Å². The summed E-state index contributed by atoms with van der Waals surface area (Å²) in [6.07, 6.45) is -26.0. The summed E-state index contributed by atoms with van der Waals surface area (Å²) >= 11 is 0. The third-order valence-electron chi connectivity index (χ3n) is 22.9. The Balaban J connectivity index is 0.795. The Morgan fingerprint density at radius 1 is 0.323 bits per heavy atom. The highest BCUT2D eigenvalue weighted by molar-refractivity contribution is 5.91. The lowest BCUT2D eigenvalue weighted by Gasteiger charge is -2.53. The fourth-order valence-electron chi connectivity index (χ4n) is 16.1. The molecule has 0 radical (unpaired) electrons. The van der Waals surface area contributed by atoms with Crippen LogP contribution in [0.3, 0.4) is 0 Å². The number of carbonyl (C=O) groups is 5. The van der Waals surface area contributed by atoms with Gasteiger partial charge < -0.3 is 90.0 Å². The van der Waals surface area contributed by atoms with E-state index >= 15 is 14.4 Å². The topological polar surface area (TPSA) is 264 Å². The summed E-state index contributed by atoms with van der Waals surface area (Å²) < 4.78 is 132. The number of carbonyl (C=O) groups excluding carboxylic acids is 5. The van der Waals surface area contributed by atoms with Crippen molar-refractivity contribution in [2.45, 2.75) is 164 Å². The normalized spacial score (nSPS) is 28.4. The first kappa shape index (κ1) is 86.3. The van der Waals surface area contributed by atoms with E-state index in [-0.39, 0.29) is 81.0 Å². The zero-order chi connectivity index (χ0) is 85.1. The van der Waals surface area contributed by atoms with Gasteiger partial charge in [0.1, 0.15) is 56.1 Å². The number of nitrogens with zero attached hydrogens (tertiary/aromatic N) is 1. The third-order valence-corrected chi connectivity index (χ3v) is 22.9. The maximum atomic E-state index is 15.4. The fraction of sp³-hybridized carbons (Fsp3) is 0.343. The Bertz CT molecular complexity index is 5010. The van der Waals surface area contributed by atoms with E-state index in [1.54, 1.807) is 128 Å². The molecule has 1 amide bonds. The molecule has 22 atom stereocenters. The Morgan fingerprint density at radius 3 is 1.08 bits per heavy atom. The summed E-state index contributed by atoms with van der Waals surface area (Å²) in [7, 11) is 0. The van der Waals surface area contributed by atoms with Crippen molar-refractivity contribution in [3.05, 3.63) is 359 Å². The molecule has 16 rings (SSSR count). The van der Waals surface area contributed by atoms with Gasteiger partial charge in [-0.3, -0.25) is 4.90 Å². The number of benzene rings is 10. The first-order valence-corrected chi connectivity index (χ1v) is 41.9. The number of rotatable bonds is 31. The lowest BCUT2D eigenvalue weighted by atomic mass is 9.83. The Hall–Kier alpha value is -11.2.